The number of thiophene rings is 1. The van der Waals surface area contributed by atoms with Crippen molar-refractivity contribution in [1.82, 2.24) is 16.0 Å². The van der Waals surface area contributed by atoms with Crippen LogP contribution in [-0.2, 0) is 4.79 Å². The lowest BCUT2D eigenvalue weighted by Gasteiger charge is -2.24. The molecule has 1 atom stereocenters. The van der Waals surface area contributed by atoms with Gasteiger partial charge in [-0.2, -0.15) is 0 Å². The standard InChI is InChI=1S/C17H28N4OS/c1-13(15-8-4-11-23-15)12-21-17(18-2)20-10-5-9-19-16(22)14-6-3-7-14/h4,8,11,13-14H,3,5-7,9-10,12H2,1-2H3,(H,19,22)(H2,18,20,21). The Labute approximate surface area is 143 Å². The third kappa shape index (κ3) is 5.86. The van der Waals surface area contributed by atoms with Gasteiger partial charge in [-0.05, 0) is 30.7 Å². The molecule has 2 rings (SSSR count). The second-order valence-electron chi connectivity index (χ2n) is 6.07. The molecule has 1 unspecified atom stereocenters. The van der Waals surface area contributed by atoms with E-state index in [1.54, 1.807) is 18.4 Å². The molecule has 0 aromatic carbocycles. The van der Waals surface area contributed by atoms with Crippen LogP contribution in [0.15, 0.2) is 22.5 Å². The molecule has 0 aliphatic heterocycles. The van der Waals surface area contributed by atoms with E-state index in [0.29, 0.717) is 5.92 Å². The summed E-state index contributed by atoms with van der Waals surface area (Å²) >= 11 is 1.79. The third-order valence-corrected chi connectivity index (χ3v) is 5.35. The van der Waals surface area contributed by atoms with Gasteiger partial charge in [0.05, 0.1) is 0 Å². The smallest absolute Gasteiger partial charge is 0.223 e. The van der Waals surface area contributed by atoms with Crippen molar-refractivity contribution in [2.24, 2.45) is 10.9 Å². The lowest BCUT2D eigenvalue weighted by molar-refractivity contribution is -0.127. The molecule has 1 aromatic heterocycles. The number of amides is 1. The van der Waals surface area contributed by atoms with Gasteiger partial charge in [0.25, 0.3) is 0 Å². The number of carbonyl (C=O) groups excluding carboxylic acids is 1. The largest absolute Gasteiger partial charge is 0.356 e. The van der Waals surface area contributed by atoms with Crippen LogP contribution in [0.1, 0.15) is 43.4 Å². The van der Waals surface area contributed by atoms with Crippen LogP contribution >= 0.6 is 11.3 Å². The number of nitrogens with one attached hydrogen (secondary N) is 3. The first-order valence-corrected chi connectivity index (χ1v) is 9.34. The van der Waals surface area contributed by atoms with E-state index >= 15 is 0 Å². The van der Waals surface area contributed by atoms with Gasteiger partial charge in [-0.25, -0.2) is 0 Å². The maximum Gasteiger partial charge on any atom is 0.223 e. The highest BCUT2D eigenvalue weighted by atomic mass is 32.1. The van der Waals surface area contributed by atoms with E-state index in [-0.39, 0.29) is 11.8 Å². The molecule has 0 radical (unpaired) electrons. The number of rotatable bonds is 8. The first-order chi connectivity index (χ1) is 11.2. The fourth-order valence-electron chi connectivity index (χ4n) is 2.46. The zero-order valence-corrected chi connectivity index (χ0v) is 14.9. The summed E-state index contributed by atoms with van der Waals surface area (Å²) in [4.78, 5) is 17.3. The molecule has 1 saturated carbocycles. The van der Waals surface area contributed by atoms with Crippen molar-refractivity contribution in [2.75, 3.05) is 26.7 Å². The minimum atomic E-state index is 0.225. The number of aliphatic imine (C=N–C) groups is 1. The predicted octanol–water partition coefficient (Wildman–Crippen LogP) is 2.32. The molecule has 1 fully saturated rings. The Balaban J connectivity index is 1.55. The summed E-state index contributed by atoms with van der Waals surface area (Å²) in [6.45, 7) is 4.60. The molecule has 0 bridgehead atoms. The first-order valence-electron chi connectivity index (χ1n) is 8.46. The first kappa shape index (κ1) is 17.8. The summed E-state index contributed by atoms with van der Waals surface area (Å²) in [5.41, 5.74) is 0. The number of hydrogen-bond donors (Lipinski definition) is 3. The zero-order valence-electron chi connectivity index (χ0n) is 14.1. The van der Waals surface area contributed by atoms with Crippen LogP contribution in [-0.4, -0.2) is 38.5 Å². The van der Waals surface area contributed by atoms with E-state index in [0.717, 1.165) is 44.9 Å². The predicted molar refractivity (Wildman–Crippen MR) is 97.1 cm³/mol. The van der Waals surface area contributed by atoms with E-state index in [4.69, 9.17) is 0 Å². The van der Waals surface area contributed by atoms with E-state index in [9.17, 15) is 4.79 Å². The monoisotopic (exact) mass is 336 g/mol. The molecular formula is C17H28N4OS. The van der Waals surface area contributed by atoms with Gasteiger partial charge in [0.2, 0.25) is 5.91 Å². The Kier molecular flexibility index (Phi) is 7.39. The van der Waals surface area contributed by atoms with Gasteiger partial charge in [0.15, 0.2) is 5.96 Å². The minimum Gasteiger partial charge on any atom is -0.356 e. The molecule has 1 aliphatic rings. The summed E-state index contributed by atoms with van der Waals surface area (Å²) in [6, 6.07) is 4.25. The van der Waals surface area contributed by atoms with Crippen molar-refractivity contribution in [3.63, 3.8) is 0 Å². The van der Waals surface area contributed by atoms with Crippen LogP contribution in [0, 0.1) is 5.92 Å². The van der Waals surface area contributed by atoms with Crippen molar-refractivity contribution in [1.29, 1.82) is 0 Å². The maximum absolute atomic E-state index is 11.7. The molecule has 23 heavy (non-hydrogen) atoms. The molecule has 1 aromatic rings. The second-order valence-corrected chi connectivity index (χ2v) is 7.05. The van der Waals surface area contributed by atoms with Crippen molar-refractivity contribution in [2.45, 2.75) is 38.5 Å². The highest BCUT2D eigenvalue weighted by Crippen LogP contribution is 2.26. The molecule has 6 heteroatoms. The summed E-state index contributed by atoms with van der Waals surface area (Å²) in [7, 11) is 1.78. The van der Waals surface area contributed by atoms with Crippen LogP contribution in [0.4, 0.5) is 0 Å². The van der Waals surface area contributed by atoms with Gasteiger partial charge in [0.1, 0.15) is 0 Å². The normalized spacial score (nSPS) is 16.5. The van der Waals surface area contributed by atoms with Gasteiger partial charge in [0, 0.05) is 43.4 Å². The van der Waals surface area contributed by atoms with Crippen LogP contribution < -0.4 is 16.0 Å². The van der Waals surface area contributed by atoms with Gasteiger partial charge < -0.3 is 16.0 Å². The Hall–Kier alpha value is -1.56. The van der Waals surface area contributed by atoms with Crippen LogP contribution in [0.5, 0.6) is 0 Å². The molecule has 1 aliphatic carbocycles. The van der Waals surface area contributed by atoms with Crippen LogP contribution in [0.3, 0.4) is 0 Å². The highest BCUT2D eigenvalue weighted by molar-refractivity contribution is 7.10. The Morgan fingerprint density at radius 1 is 1.35 bits per heavy atom. The van der Waals surface area contributed by atoms with E-state index in [2.05, 4.69) is 45.4 Å². The van der Waals surface area contributed by atoms with Crippen molar-refractivity contribution >= 4 is 23.2 Å². The van der Waals surface area contributed by atoms with Gasteiger partial charge in [-0.1, -0.05) is 19.4 Å². The molecule has 5 nitrogen and oxygen atoms in total. The lowest BCUT2D eigenvalue weighted by atomic mass is 9.85. The fourth-order valence-corrected chi connectivity index (χ4v) is 3.25. The number of hydrogen-bond acceptors (Lipinski definition) is 3. The van der Waals surface area contributed by atoms with Crippen molar-refractivity contribution in [3.05, 3.63) is 22.4 Å². The van der Waals surface area contributed by atoms with E-state index < -0.39 is 0 Å². The van der Waals surface area contributed by atoms with Gasteiger partial charge >= 0.3 is 0 Å². The second kappa shape index (κ2) is 9.55. The zero-order chi connectivity index (χ0) is 16.5. The number of guanidine groups is 1. The van der Waals surface area contributed by atoms with Crippen LogP contribution in [0.25, 0.3) is 0 Å². The topological polar surface area (TPSA) is 65.5 Å². The van der Waals surface area contributed by atoms with Crippen LogP contribution in [0.2, 0.25) is 0 Å². The molecule has 1 amide bonds. The number of carbonyl (C=O) groups is 1. The molecule has 128 valence electrons. The Morgan fingerprint density at radius 2 is 2.13 bits per heavy atom. The molecule has 0 saturated heterocycles. The lowest BCUT2D eigenvalue weighted by Crippen LogP contribution is -2.40. The van der Waals surface area contributed by atoms with E-state index in [1.165, 1.54) is 11.3 Å². The highest BCUT2D eigenvalue weighted by Gasteiger charge is 2.24. The molecule has 3 N–H and O–H groups in total. The van der Waals surface area contributed by atoms with Gasteiger partial charge in [-0.3, -0.25) is 9.79 Å². The summed E-state index contributed by atoms with van der Waals surface area (Å²) < 4.78 is 0. The Bertz CT molecular complexity index is 497. The summed E-state index contributed by atoms with van der Waals surface area (Å²) in [6.07, 6.45) is 4.22. The fraction of sp³-hybridized carbons (Fsp3) is 0.647. The average molecular weight is 337 g/mol. The maximum atomic E-state index is 11.7. The Morgan fingerprint density at radius 3 is 2.74 bits per heavy atom. The minimum absolute atomic E-state index is 0.225. The third-order valence-electron chi connectivity index (χ3n) is 4.25. The quantitative estimate of drug-likeness (QED) is 0.388. The molecule has 1 heterocycles. The van der Waals surface area contributed by atoms with Crippen molar-refractivity contribution in [3.8, 4) is 0 Å². The van der Waals surface area contributed by atoms with E-state index in [1.807, 2.05) is 0 Å². The van der Waals surface area contributed by atoms with Crippen molar-refractivity contribution < 1.29 is 4.79 Å². The number of nitrogens with zero attached hydrogens (tertiary/aromatic N) is 1. The van der Waals surface area contributed by atoms with Gasteiger partial charge in [-0.15, -0.1) is 11.3 Å². The molecule has 0 spiro atoms. The summed E-state index contributed by atoms with van der Waals surface area (Å²) in [5, 5.41) is 11.8. The molecular weight excluding hydrogens is 308 g/mol. The summed E-state index contributed by atoms with van der Waals surface area (Å²) in [5.74, 6) is 1.79. The SMILES string of the molecule is CN=C(NCCCNC(=O)C1CCC1)NCC(C)c1cccs1. The average Bonchev–Trinajstić information content (AvgIpc) is 3.02.